The van der Waals surface area contributed by atoms with Crippen molar-refractivity contribution in [1.82, 2.24) is 9.97 Å². The van der Waals surface area contributed by atoms with Gasteiger partial charge in [-0.3, -0.25) is 4.79 Å². The molecule has 4 N–H and O–H groups in total. The molecular weight excluding hydrogens is 362 g/mol. The fourth-order valence-electron chi connectivity index (χ4n) is 7.11. The second kappa shape index (κ2) is 7.99. The predicted molar refractivity (Wildman–Crippen MR) is 114 cm³/mol. The minimum absolute atomic E-state index is 0.0823. The van der Waals surface area contributed by atoms with E-state index in [4.69, 9.17) is 5.73 Å². The van der Waals surface area contributed by atoms with Crippen molar-refractivity contribution in [2.24, 2.45) is 34.3 Å². The number of aliphatic hydroxyl groups excluding tert-OH is 1. The Morgan fingerprint density at radius 1 is 1.17 bits per heavy atom. The van der Waals surface area contributed by atoms with E-state index in [1.54, 1.807) is 6.33 Å². The third-order valence-corrected chi connectivity index (χ3v) is 8.87. The Labute approximate surface area is 174 Å². The van der Waals surface area contributed by atoms with Crippen LogP contribution in [0, 0.1) is 28.6 Å². The van der Waals surface area contributed by atoms with E-state index in [0.717, 1.165) is 49.6 Å². The molecule has 5 nitrogen and oxygen atoms in total. The zero-order valence-corrected chi connectivity index (χ0v) is 18.0. The van der Waals surface area contributed by atoms with Crippen molar-refractivity contribution in [1.29, 1.82) is 0 Å². The van der Waals surface area contributed by atoms with Crippen LogP contribution in [0.25, 0.3) is 0 Å². The molecule has 1 aromatic rings. The number of imidazole rings is 1. The van der Waals surface area contributed by atoms with Crippen LogP contribution in [0.5, 0.6) is 0 Å². The molecule has 0 bridgehead atoms. The fourth-order valence-corrected chi connectivity index (χ4v) is 7.11. The van der Waals surface area contributed by atoms with E-state index in [0.29, 0.717) is 18.2 Å². The van der Waals surface area contributed by atoms with Crippen molar-refractivity contribution < 1.29 is 9.90 Å². The van der Waals surface area contributed by atoms with Crippen LogP contribution in [0.4, 0.5) is 0 Å². The largest absolute Gasteiger partial charge is 0.393 e. The highest BCUT2D eigenvalue weighted by molar-refractivity contribution is 5.91. The Kier molecular flexibility index (Phi) is 5.73. The molecule has 0 aromatic carbocycles. The van der Waals surface area contributed by atoms with E-state index in [1.165, 1.54) is 31.3 Å². The molecule has 4 aliphatic carbocycles. The molecule has 0 saturated heterocycles. The summed E-state index contributed by atoms with van der Waals surface area (Å²) in [4.78, 5) is 18.6. The summed E-state index contributed by atoms with van der Waals surface area (Å²) in [6, 6.07) is 0. The average Bonchev–Trinajstić information content (AvgIpc) is 3.31. The van der Waals surface area contributed by atoms with Crippen LogP contribution in [0.15, 0.2) is 24.2 Å². The molecule has 1 aromatic heterocycles. The number of ketones is 1. The predicted octanol–water partition coefficient (Wildman–Crippen LogP) is 3.79. The molecule has 160 valence electrons. The molecule has 0 amide bonds. The third-order valence-electron chi connectivity index (χ3n) is 8.87. The van der Waals surface area contributed by atoms with E-state index < -0.39 is 0 Å². The first-order valence-corrected chi connectivity index (χ1v) is 11.5. The van der Waals surface area contributed by atoms with Crippen molar-refractivity contribution in [3.05, 3.63) is 29.9 Å². The molecular formula is C24H37N3O2. The molecule has 0 aliphatic heterocycles. The van der Waals surface area contributed by atoms with Gasteiger partial charge in [0, 0.05) is 19.0 Å². The van der Waals surface area contributed by atoms with E-state index in [-0.39, 0.29) is 16.9 Å². The summed E-state index contributed by atoms with van der Waals surface area (Å²) in [5.41, 5.74) is 8.19. The number of nitrogens with one attached hydrogen (secondary N) is 1. The van der Waals surface area contributed by atoms with Crippen molar-refractivity contribution in [3.63, 3.8) is 0 Å². The van der Waals surface area contributed by atoms with Crippen LogP contribution < -0.4 is 5.73 Å². The Morgan fingerprint density at radius 2 is 2.00 bits per heavy atom. The highest BCUT2D eigenvalue weighted by Crippen LogP contribution is 2.65. The molecule has 5 rings (SSSR count). The number of allylic oxidation sites excluding steroid dienone is 1. The Balaban J connectivity index is 0.000000216. The van der Waals surface area contributed by atoms with Crippen molar-refractivity contribution in [2.45, 2.75) is 77.7 Å². The average molecular weight is 400 g/mol. The molecule has 29 heavy (non-hydrogen) atoms. The highest BCUT2D eigenvalue weighted by Gasteiger charge is 2.58. The first-order chi connectivity index (χ1) is 13.9. The number of carbonyl (C=O) groups is 1. The molecule has 0 spiro atoms. The van der Waals surface area contributed by atoms with Gasteiger partial charge in [-0.1, -0.05) is 19.4 Å². The molecule has 5 heteroatoms. The third kappa shape index (κ3) is 3.61. The molecule has 0 unspecified atom stereocenters. The SMILES string of the molecule is C[C@]12CC[C@H]3[C@@H](CCC4=CC(=O)CC[C@@]43C)[C@@H]1CC[C@@H]2O.NCCc1c[nH]cn1. The number of carbonyl (C=O) groups excluding carboxylic acids is 1. The number of fused-ring (bicyclic) bond motifs is 5. The second-order valence-electron chi connectivity index (χ2n) is 10.2. The van der Waals surface area contributed by atoms with Gasteiger partial charge in [0.25, 0.3) is 0 Å². The van der Waals surface area contributed by atoms with Gasteiger partial charge in [0.2, 0.25) is 0 Å². The van der Waals surface area contributed by atoms with Crippen LogP contribution >= 0.6 is 0 Å². The number of hydrogen-bond acceptors (Lipinski definition) is 4. The van der Waals surface area contributed by atoms with Gasteiger partial charge in [0.05, 0.1) is 18.1 Å². The van der Waals surface area contributed by atoms with E-state index >= 15 is 0 Å². The fraction of sp³-hybridized carbons (Fsp3) is 0.750. The Hall–Kier alpha value is -1.46. The topological polar surface area (TPSA) is 92.0 Å². The first kappa shape index (κ1) is 20.8. The minimum atomic E-state index is -0.0823. The van der Waals surface area contributed by atoms with Crippen LogP contribution in [0.3, 0.4) is 0 Å². The van der Waals surface area contributed by atoms with E-state index in [2.05, 4.69) is 23.8 Å². The van der Waals surface area contributed by atoms with Crippen molar-refractivity contribution in [3.8, 4) is 0 Å². The monoisotopic (exact) mass is 399 g/mol. The van der Waals surface area contributed by atoms with Crippen molar-refractivity contribution in [2.75, 3.05) is 6.54 Å². The molecule has 4 aliphatic rings. The molecule has 0 radical (unpaired) electrons. The lowest BCUT2D eigenvalue weighted by Crippen LogP contribution is -2.51. The second-order valence-corrected chi connectivity index (χ2v) is 10.2. The van der Waals surface area contributed by atoms with Crippen molar-refractivity contribution >= 4 is 5.78 Å². The maximum Gasteiger partial charge on any atom is 0.155 e. The molecule has 3 fully saturated rings. The minimum Gasteiger partial charge on any atom is -0.393 e. The summed E-state index contributed by atoms with van der Waals surface area (Å²) in [5.74, 6) is 2.57. The van der Waals surface area contributed by atoms with Gasteiger partial charge in [-0.25, -0.2) is 4.98 Å². The quantitative estimate of drug-likeness (QED) is 0.705. The van der Waals surface area contributed by atoms with E-state index in [9.17, 15) is 9.90 Å². The highest BCUT2D eigenvalue weighted by atomic mass is 16.3. The van der Waals surface area contributed by atoms with Crippen LogP contribution in [-0.2, 0) is 11.2 Å². The summed E-state index contributed by atoms with van der Waals surface area (Å²) < 4.78 is 0. The van der Waals surface area contributed by atoms with E-state index in [1.807, 2.05) is 12.3 Å². The Morgan fingerprint density at radius 3 is 2.72 bits per heavy atom. The lowest BCUT2D eigenvalue weighted by Gasteiger charge is -2.57. The molecule has 3 saturated carbocycles. The van der Waals surface area contributed by atoms with Gasteiger partial charge in [0.1, 0.15) is 0 Å². The number of nitrogens with zero attached hydrogens (tertiary/aromatic N) is 1. The molecule has 6 atom stereocenters. The smallest absolute Gasteiger partial charge is 0.155 e. The number of aromatic nitrogens is 2. The first-order valence-electron chi connectivity index (χ1n) is 11.5. The summed E-state index contributed by atoms with van der Waals surface area (Å²) in [5, 5.41) is 10.4. The number of aromatic amines is 1. The lowest BCUT2D eigenvalue weighted by atomic mass is 9.47. The summed E-state index contributed by atoms with van der Waals surface area (Å²) >= 11 is 0. The zero-order chi connectivity index (χ0) is 20.6. The van der Waals surface area contributed by atoms with Gasteiger partial charge in [-0.05, 0) is 86.2 Å². The summed E-state index contributed by atoms with van der Waals surface area (Å²) in [6.07, 6.45) is 15.1. The van der Waals surface area contributed by atoms with Gasteiger partial charge in [-0.2, -0.15) is 0 Å². The number of rotatable bonds is 2. The van der Waals surface area contributed by atoms with Crippen LogP contribution in [-0.4, -0.2) is 33.5 Å². The van der Waals surface area contributed by atoms with Gasteiger partial charge >= 0.3 is 0 Å². The van der Waals surface area contributed by atoms with Gasteiger partial charge < -0.3 is 15.8 Å². The van der Waals surface area contributed by atoms with Gasteiger partial charge in [-0.15, -0.1) is 0 Å². The standard InChI is InChI=1S/C19H28O2.C5H9N3/c1-18-9-7-13(20)11-12(18)3-4-14-15-5-6-17(21)19(15,2)10-8-16(14)18;6-2-1-5-3-7-4-8-5/h11,14-17,21H,3-10H2,1-2H3;3-4H,1-2,6H2,(H,7,8)/t14-,15-,16-,17-,18-,19-;/m0./s1. The number of hydrogen-bond donors (Lipinski definition) is 3. The maximum atomic E-state index is 11.8. The molecule has 1 heterocycles. The van der Waals surface area contributed by atoms with Crippen LogP contribution in [0.1, 0.15) is 70.9 Å². The van der Waals surface area contributed by atoms with Crippen LogP contribution in [0.2, 0.25) is 0 Å². The normalized spacial score (nSPS) is 40.8. The number of aliphatic hydroxyl groups is 1. The maximum absolute atomic E-state index is 11.8. The number of H-pyrrole nitrogens is 1. The summed E-state index contributed by atoms with van der Waals surface area (Å²) in [7, 11) is 0. The lowest BCUT2D eigenvalue weighted by molar-refractivity contribution is -0.118. The zero-order valence-electron chi connectivity index (χ0n) is 18.0. The Bertz CT molecular complexity index is 758. The summed E-state index contributed by atoms with van der Waals surface area (Å²) in [6.45, 7) is 5.44. The van der Waals surface area contributed by atoms with Gasteiger partial charge in [0.15, 0.2) is 5.78 Å². The number of nitrogens with two attached hydrogens (primary N) is 1.